The average molecular weight is 702 g/mol. The van der Waals surface area contributed by atoms with Gasteiger partial charge < -0.3 is 25.4 Å². The van der Waals surface area contributed by atoms with E-state index in [1.165, 1.54) is 0 Å². The number of ether oxygens (including phenoxy) is 2. The number of nitrogens with one attached hydrogen (secondary N) is 1. The second-order valence-electron chi connectivity index (χ2n) is 15.8. The summed E-state index contributed by atoms with van der Waals surface area (Å²) in [6.45, 7) is 1.63. The van der Waals surface area contributed by atoms with E-state index in [4.69, 9.17) is 20.2 Å². The fourth-order valence-corrected chi connectivity index (χ4v) is 10.2. The largest absolute Gasteiger partial charge is 0.487 e. The van der Waals surface area contributed by atoms with E-state index in [1.54, 1.807) is 0 Å². The number of anilines is 2. The van der Waals surface area contributed by atoms with E-state index in [2.05, 4.69) is 20.2 Å². The van der Waals surface area contributed by atoms with E-state index >= 15 is 8.78 Å². The first-order valence-electron chi connectivity index (χ1n) is 17.7. The molecule has 3 N–H and O–H groups in total. The van der Waals surface area contributed by atoms with Crippen LogP contribution in [0.3, 0.4) is 0 Å². The molecule has 3 unspecified atom stereocenters. The van der Waals surface area contributed by atoms with Gasteiger partial charge in [0.1, 0.15) is 36.5 Å². The van der Waals surface area contributed by atoms with Gasteiger partial charge in [0.15, 0.2) is 17.4 Å². The van der Waals surface area contributed by atoms with E-state index in [0.29, 0.717) is 32.4 Å². The first-order valence-corrected chi connectivity index (χ1v) is 17.7. The number of hydrogen-bond acceptors (Lipinski definition) is 9. The zero-order chi connectivity index (χ0) is 34.3. The second-order valence-corrected chi connectivity index (χ2v) is 15.8. The van der Waals surface area contributed by atoms with Crippen LogP contribution in [0.2, 0.25) is 0 Å². The molecular formula is C35H37F6N7O2. The normalized spacial score (nSPS) is 31.0. The van der Waals surface area contributed by atoms with E-state index in [1.807, 2.05) is 4.90 Å². The average Bonchev–Trinajstić information content (AvgIpc) is 3.69. The van der Waals surface area contributed by atoms with Gasteiger partial charge in [-0.05, 0) is 67.9 Å². The second kappa shape index (κ2) is 10.5. The molecule has 2 bridgehead atoms. The Kier molecular flexibility index (Phi) is 6.54. The molecule has 7 heterocycles. The van der Waals surface area contributed by atoms with Crippen molar-refractivity contribution in [2.45, 2.75) is 99.7 Å². The molecule has 0 radical (unpaired) electrons. The predicted molar refractivity (Wildman–Crippen MR) is 171 cm³/mol. The van der Waals surface area contributed by atoms with Gasteiger partial charge in [0, 0.05) is 38.1 Å². The molecule has 2 saturated carbocycles. The Morgan fingerprint density at radius 1 is 1.06 bits per heavy atom. The number of benzene rings is 1. The zero-order valence-corrected chi connectivity index (χ0v) is 27.3. The molecule has 5 aliphatic heterocycles. The Balaban J connectivity index is 1.15. The lowest BCUT2D eigenvalue weighted by atomic mass is 9.65. The highest BCUT2D eigenvalue weighted by Gasteiger charge is 2.60. The van der Waals surface area contributed by atoms with Crippen LogP contribution >= 0.6 is 0 Å². The van der Waals surface area contributed by atoms with Crippen molar-refractivity contribution in [1.29, 1.82) is 0 Å². The number of alkyl halides is 4. The third-order valence-electron chi connectivity index (χ3n) is 12.6. The van der Waals surface area contributed by atoms with E-state index in [0.717, 1.165) is 51.1 Å². The number of nitrogens with zero attached hydrogens (tertiary/aromatic N) is 5. The smallest absolute Gasteiger partial charge is 0.418 e. The molecule has 50 heavy (non-hydrogen) atoms. The molecule has 0 amide bonds. The van der Waals surface area contributed by atoms with E-state index in [9.17, 15) is 17.6 Å². The SMILES string of the molecule is Nc1cc(C2CC2)c(C(F)(F)F)c(-c2c(F)c3c4c(nc(OC[C@]56C[C@@H](F)CN5CC5(CCC5)C6)nc4c2F)N2CC4CCC(N4)C2CO3)n1. The van der Waals surface area contributed by atoms with Gasteiger partial charge in [-0.3, -0.25) is 4.90 Å². The molecule has 1 aromatic carbocycles. The Morgan fingerprint density at radius 3 is 2.62 bits per heavy atom. The van der Waals surface area contributed by atoms with Crippen molar-refractivity contribution >= 4 is 22.5 Å². The molecule has 1 spiro atoms. The van der Waals surface area contributed by atoms with E-state index in [-0.39, 0.29) is 65.4 Å². The molecule has 9 nitrogen and oxygen atoms in total. The molecule has 10 rings (SSSR count). The highest BCUT2D eigenvalue weighted by atomic mass is 19.4. The number of nitrogen functional groups attached to an aromatic ring is 1. The maximum Gasteiger partial charge on any atom is 0.418 e. The monoisotopic (exact) mass is 701 g/mol. The lowest BCUT2D eigenvalue weighted by Crippen LogP contribution is -2.60. The van der Waals surface area contributed by atoms with Crippen molar-refractivity contribution in [2.75, 3.05) is 43.5 Å². The van der Waals surface area contributed by atoms with Crippen LogP contribution in [-0.4, -0.2) is 82.5 Å². The number of pyridine rings is 1. The summed E-state index contributed by atoms with van der Waals surface area (Å²) in [6, 6.07) is 0.701. The molecule has 7 aliphatic rings. The lowest BCUT2D eigenvalue weighted by Gasteiger charge is -2.40. The number of fused-ring (bicyclic) bond motifs is 6. The third-order valence-corrected chi connectivity index (χ3v) is 12.6. The van der Waals surface area contributed by atoms with Crippen LogP contribution in [0.1, 0.15) is 74.8 Å². The fourth-order valence-electron chi connectivity index (χ4n) is 10.2. The minimum absolute atomic E-state index is 0.0180. The molecule has 15 heteroatoms. The third kappa shape index (κ3) is 4.56. The Morgan fingerprint density at radius 2 is 1.88 bits per heavy atom. The van der Waals surface area contributed by atoms with Crippen molar-refractivity contribution in [2.24, 2.45) is 5.41 Å². The van der Waals surface area contributed by atoms with Crippen LogP contribution in [0.25, 0.3) is 22.2 Å². The van der Waals surface area contributed by atoms with Gasteiger partial charge in [-0.15, -0.1) is 0 Å². The van der Waals surface area contributed by atoms with Crippen LogP contribution < -0.4 is 25.4 Å². The number of halogens is 6. The van der Waals surface area contributed by atoms with Crippen molar-refractivity contribution < 1.29 is 35.8 Å². The summed E-state index contributed by atoms with van der Waals surface area (Å²) in [5, 5.41) is 3.49. The van der Waals surface area contributed by atoms with Crippen molar-refractivity contribution in [3.8, 4) is 23.0 Å². The van der Waals surface area contributed by atoms with Crippen molar-refractivity contribution in [1.82, 2.24) is 25.2 Å². The van der Waals surface area contributed by atoms with Gasteiger partial charge in [0.2, 0.25) is 0 Å². The highest BCUT2D eigenvalue weighted by Crippen LogP contribution is 2.58. The van der Waals surface area contributed by atoms with Crippen LogP contribution in [0.4, 0.5) is 38.0 Å². The number of nitrogens with two attached hydrogens (primary N) is 1. The first kappa shape index (κ1) is 31.2. The van der Waals surface area contributed by atoms with Crippen LogP contribution in [0.15, 0.2) is 6.07 Å². The number of hydrogen-bond donors (Lipinski definition) is 2. The van der Waals surface area contributed by atoms with Gasteiger partial charge in [0.25, 0.3) is 0 Å². The van der Waals surface area contributed by atoms with Crippen molar-refractivity contribution in [3.05, 3.63) is 28.8 Å². The quantitative estimate of drug-likeness (QED) is 0.316. The van der Waals surface area contributed by atoms with Crippen LogP contribution in [0.5, 0.6) is 11.8 Å². The molecule has 2 aromatic heterocycles. The van der Waals surface area contributed by atoms with Crippen molar-refractivity contribution in [3.63, 3.8) is 0 Å². The predicted octanol–water partition coefficient (Wildman–Crippen LogP) is 5.89. The molecule has 6 fully saturated rings. The first-order chi connectivity index (χ1) is 23.9. The van der Waals surface area contributed by atoms with Crippen LogP contribution in [-0.2, 0) is 6.18 Å². The summed E-state index contributed by atoms with van der Waals surface area (Å²) < 4.78 is 106. The Bertz CT molecular complexity index is 1940. The highest BCUT2D eigenvalue weighted by molar-refractivity contribution is 6.00. The molecule has 2 aliphatic carbocycles. The standard InChI is InChI=1S/C35H37F6N7O2/c36-17-9-34(13-33(6-1-7-33)14-47(34)10-17)15-50-32-45-29-24-30(49-12-21-20-5-4-18(43-20)11-48(21)31(24)46-32)27(38)23(26(29)37)28-25(35(39,40)41)19(16-2-3-16)8-22(42)44-28/h8,16-18,20-21,43H,1-7,9-15H2,(H2,42,44)/t17-,18?,20?,21?,34-/m1/s1. The summed E-state index contributed by atoms with van der Waals surface area (Å²) in [4.78, 5) is 17.2. The van der Waals surface area contributed by atoms with E-state index < -0.39 is 63.5 Å². The van der Waals surface area contributed by atoms with Gasteiger partial charge in [-0.1, -0.05) is 6.42 Å². The van der Waals surface area contributed by atoms with Gasteiger partial charge in [-0.25, -0.2) is 18.2 Å². The van der Waals surface area contributed by atoms with Gasteiger partial charge in [0.05, 0.1) is 33.8 Å². The lowest BCUT2D eigenvalue weighted by molar-refractivity contribution is -0.137. The minimum atomic E-state index is -4.98. The van der Waals surface area contributed by atoms with Gasteiger partial charge >= 0.3 is 12.2 Å². The molecule has 266 valence electrons. The topological polar surface area (TPSA) is 102 Å². The summed E-state index contributed by atoms with van der Waals surface area (Å²) in [5.41, 5.74) is 1.83. The van der Waals surface area contributed by atoms with Gasteiger partial charge in [-0.2, -0.15) is 23.1 Å². The molecule has 5 atom stereocenters. The molecular weight excluding hydrogens is 664 g/mol. The Labute approximate surface area is 283 Å². The molecule has 3 aromatic rings. The number of rotatable bonds is 5. The minimum Gasteiger partial charge on any atom is -0.487 e. The number of piperazine rings is 1. The summed E-state index contributed by atoms with van der Waals surface area (Å²) in [7, 11) is 0. The Hall–Kier alpha value is -3.59. The number of aromatic nitrogens is 3. The zero-order valence-electron chi connectivity index (χ0n) is 27.3. The fraction of sp³-hybridized carbons (Fsp3) is 0.629. The summed E-state index contributed by atoms with van der Waals surface area (Å²) >= 11 is 0. The molecule has 4 saturated heterocycles. The summed E-state index contributed by atoms with van der Waals surface area (Å²) in [6.07, 6.45) is 1.11. The maximum absolute atomic E-state index is 17.1. The maximum atomic E-state index is 17.1. The van der Waals surface area contributed by atoms with Crippen LogP contribution in [0, 0.1) is 17.0 Å². The summed E-state index contributed by atoms with van der Waals surface area (Å²) in [5.74, 6) is -3.61.